The number of benzene rings is 1. The first kappa shape index (κ1) is 11.2. The molecule has 0 radical (unpaired) electrons. The van der Waals surface area contributed by atoms with Crippen LogP contribution in [-0.2, 0) is 7.05 Å². The number of aryl methyl sites for hydroxylation is 1. The van der Waals surface area contributed by atoms with Gasteiger partial charge < -0.3 is 0 Å². The van der Waals surface area contributed by atoms with Gasteiger partial charge in [-0.3, -0.25) is 16.0 Å². The minimum absolute atomic E-state index is 1.10. The highest BCUT2D eigenvalue weighted by Crippen LogP contribution is 2.22. The van der Waals surface area contributed by atoms with E-state index in [2.05, 4.69) is 32.3 Å². The number of fused-ring (bicyclic) bond motifs is 1. The first-order valence-electron chi connectivity index (χ1n) is 4.14. The van der Waals surface area contributed by atoms with Crippen molar-refractivity contribution in [3.63, 3.8) is 0 Å². The lowest BCUT2D eigenvalue weighted by atomic mass is 10.3. The van der Waals surface area contributed by atoms with Gasteiger partial charge in [0.1, 0.15) is 0 Å². The zero-order valence-corrected chi connectivity index (χ0v) is 9.75. The van der Waals surface area contributed by atoms with Crippen molar-refractivity contribution >= 4 is 26.8 Å². The quantitative estimate of drug-likeness (QED) is 0.554. The number of halogens is 1. The zero-order valence-electron chi connectivity index (χ0n) is 8.16. The number of aromatic nitrogens is 2. The molecule has 3 N–H and O–H groups in total. The molecule has 14 heavy (non-hydrogen) atoms. The first-order chi connectivity index (χ1) is 6.70. The van der Waals surface area contributed by atoms with E-state index < -0.39 is 0 Å². The van der Waals surface area contributed by atoms with E-state index in [1.807, 2.05) is 36.1 Å². The fraction of sp³-hybridized carbons (Fsp3) is 0.222. The van der Waals surface area contributed by atoms with Crippen LogP contribution in [-0.4, -0.2) is 16.8 Å². The second-order valence-electron chi connectivity index (χ2n) is 2.73. The molecule has 0 saturated carbocycles. The Balaban J connectivity index is 0.000000293. The molecule has 0 aliphatic heterocycles. The Hall–Kier alpha value is -0.910. The Labute approximate surface area is 91.2 Å². The van der Waals surface area contributed by atoms with Gasteiger partial charge in [0.2, 0.25) is 0 Å². The van der Waals surface area contributed by atoms with E-state index in [-0.39, 0.29) is 0 Å². The molecule has 76 valence electrons. The van der Waals surface area contributed by atoms with Crippen molar-refractivity contribution in [2.45, 2.75) is 0 Å². The summed E-state index contributed by atoms with van der Waals surface area (Å²) in [5, 5.41) is 5.31. The van der Waals surface area contributed by atoms with Crippen LogP contribution in [0, 0.1) is 0 Å². The molecule has 4 nitrogen and oxygen atoms in total. The van der Waals surface area contributed by atoms with Gasteiger partial charge in [0, 0.05) is 16.9 Å². The Bertz CT molecular complexity index is 410. The SMILES string of the molecule is CNN.Cn1ncc2c(Br)cccc21. The monoisotopic (exact) mass is 256 g/mol. The standard InChI is InChI=1S/C8H7BrN2.CH6N2/c1-11-8-4-2-3-7(9)6(8)5-10-11;1-3-2/h2-5H,1H3;3H,2H2,1H3. The van der Waals surface area contributed by atoms with Gasteiger partial charge in [-0.15, -0.1) is 0 Å². The summed E-state index contributed by atoms with van der Waals surface area (Å²) >= 11 is 3.46. The van der Waals surface area contributed by atoms with Gasteiger partial charge in [-0.25, -0.2) is 0 Å². The predicted octanol–water partition coefficient (Wildman–Crippen LogP) is 1.42. The molecule has 0 bridgehead atoms. The van der Waals surface area contributed by atoms with Crippen LogP contribution in [0.1, 0.15) is 0 Å². The summed E-state index contributed by atoms with van der Waals surface area (Å²) in [6, 6.07) is 6.07. The smallest absolute Gasteiger partial charge is 0.0690 e. The lowest BCUT2D eigenvalue weighted by Crippen LogP contribution is -2.13. The summed E-state index contributed by atoms with van der Waals surface area (Å²) in [5.41, 5.74) is 3.40. The van der Waals surface area contributed by atoms with Gasteiger partial charge in [-0.05, 0) is 19.2 Å². The van der Waals surface area contributed by atoms with Crippen LogP contribution in [0.15, 0.2) is 28.9 Å². The van der Waals surface area contributed by atoms with Crippen LogP contribution in [0.4, 0.5) is 0 Å². The van der Waals surface area contributed by atoms with Crippen molar-refractivity contribution in [1.82, 2.24) is 15.2 Å². The maximum Gasteiger partial charge on any atom is 0.0690 e. The third kappa shape index (κ3) is 2.31. The highest BCUT2D eigenvalue weighted by atomic mass is 79.9. The summed E-state index contributed by atoms with van der Waals surface area (Å²) in [6.07, 6.45) is 1.86. The largest absolute Gasteiger partial charge is 0.272 e. The Morgan fingerprint density at radius 3 is 2.71 bits per heavy atom. The molecule has 0 saturated heterocycles. The fourth-order valence-corrected chi connectivity index (χ4v) is 1.60. The zero-order chi connectivity index (χ0) is 10.6. The fourth-order valence-electron chi connectivity index (χ4n) is 1.14. The molecular formula is C9H13BrN4. The molecule has 0 amide bonds. The molecule has 0 aliphatic carbocycles. The number of hydrogen-bond acceptors (Lipinski definition) is 3. The van der Waals surface area contributed by atoms with Crippen molar-refractivity contribution < 1.29 is 0 Å². The topological polar surface area (TPSA) is 55.9 Å². The van der Waals surface area contributed by atoms with Gasteiger partial charge in [-0.2, -0.15) is 5.10 Å². The normalized spacial score (nSPS) is 9.71. The van der Waals surface area contributed by atoms with E-state index in [9.17, 15) is 0 Å². The molecule has 5 heteroatoms. The van der Waals surface area contributed by atoms with Gasteiger partial charge in [-0.1, -0.05) is 22.0 Å². The number of nitrogens with two attached hydrogens (primary N) is 1. The van der Waals surface area contributed by atoms with Gasteiger partial charge in [0.25, 0.3) is 0 Å². The van der Waals surface area contributed by atoms with Crippen LogP contribution in [0.5, 0.6) is 0 Å². The summed E-state index contributed by atoms with van der Waals surface area (Å²) in [5.74, 6) is 4.60. The molecule has 0 unspecified atom stereocenters. The summed E-state index contributed by atoms with van der Waals surface area (Å²) in [6.45, 7) is 0. The van der Waals surface area contributed by atoms with Crippen LogP contribution < -0.4 is 11.3 Å². The molecule has 1 aromatic carbocycles. The van der Waals surface area contributed by atoms with Crippen molar-refractivity contribution in [3.8, 4) is 0 Å². The second-order valence-corrected chi connectivity index (χ2v) is 3.58. The summed E-state index contributed by atoms with van der Waals surface area (Å²) in [4.78, 5) is 0. The van der Waals surface area contributed by atoms with Gasteiger partial charge in [0.05, 0.1) is 11.7 Å². The van der Waals surface area contributed by atoms with Crippen LogP contribution in [0.25, 0.3) is 10.9 Å². The van der Waals surface area contributed by atoms with E-state index in [4.69, 9.17) is 0 Å². The molecule has 2 aromatic rings. The number of hydrazine groups is 1. The minimum Gasteiger partial charge on any atom is -0.272 e. The van der Waals surface area contributed by atoms with E-state index in [1.54, 1.807) is 7.05 Å². The maximum atomic E-state index is 4.60. The van der Waals surface area contributed by atoms with E-state index in [0.29, 0.717) is 0 Å². The van der Waals surface area contributed by atoms with E-state index in [1.165, 1.54) is 0 Å². The van der Waals surface area contributed by atoms with Gasteiger partial charge >= 0.3 is 0 Å². The average Bonchev–Trinajstić information content (AvgIpc) is 2.51. The van der Waals surface area contributed by atoms with E-state index in [0.717, 1.165) is 15.4 Å². The van der Waals surface area contributed by atoms with Gasteiger partial charge in [0.15, 0.2) is 0 Å². The summed E-state index contributed by atoms with van der Waals surface area (Å²) in [7, 11) is 3.59. The van der Waals surface area contributed by atoms with Crippen molar-refractivity contribution in [1.29, 1.82) is 0 Å². The molecule has 0 spiro atoms. The van der Waals surface area contributed by atoms with Crippen LogP contribution >= 0.6 is 15.9 Å². The second kappa shape index (κ2) is 5.09. The average molecular weight is 257 g/mol. The molecule has 0 fully saturated rings. The molecule has 0 aliphatic rings. The third-order valence-corrected chi connectivity index (χ3v) is 2.43. The highest BCUT2D eigenvalue weighted by Gasteiger charge is 2.00. The first-order valence-corrected chi connectivity index (χ1v) is 4.93. The molecule has 1 heterocycles. The Kier molecular flexibility index (Phi) is 4.06. The number of hydrogen-bond donors (Lipinski definition) is 2. The molecular weight excluding hydrogens is 244 g/mol. The molecule has 2 rings (SSSR count). The highest BCUT2D eigenvalue weighted by molar-refractivity contribution is 9.10. The molecule has 0 atom stereocenters. The van der Waals surface area contributed by atoms with Crippen LogP contribution in [0.3, 0.4) is 0 Å². The lowest BCUT2D eigenvalue weighted by molar-refractivity contribution is 0.797. The molecule has 1 aromatic heterocycles. The Morgan fingerprint density at radius 2 is 2.14 bits per heavy atom. The number of nitrogens with zero attached hydrogens (tertiary/aromatic N) is 2. The van der Waals surface area contributed by atoms with Crippen molar-refractivity contribution in [3.05, 3.63) is 28.9 Å². The third-order valence-electron chi connectivity index (χ3n) is 1.74. The van der Waals surface area contributed by atoms with Crippen LogP contribution in [0.2, 0.25) is 0 Å². The van der Waals surface area contributed by atoms with E-state index >= 15 is 0 Å². The predicted molar refractivity (Wildman–Crippen MR) is 61.7 cm³/mol. The lowest BCUT2D eigenvalue weighted by Gasteiger charge is -1.93. The van der Waals surface area contributed by atoms with Crippen molar-refractivity contribution in [2.24, 2.45) is 12.9 Å². The number of rotatable bonds is 0. The Morgan fingerprint density at radius 1 is 1.50 bits per heavy atom. The minimum atomic E-state index is 1.10. The summed E-state index contributed by atoms with van der Waals surface area (Å²) < 4.78 is 2.96. The van der Waals surface area contributed by atoms with Crippen molar-refractivity contribution in [2.75, 3.05) is 7.05 Å². The number of nitrogens with one attached hydrogen (secondary N) is 1. The maximum absolute atomic E-state index is 4.60.